The molecule has 2 heterocycles. The van der Waals surface area contributed by atoms with Crippen LogP contribution in [0.2, 0.25) is 0 Å². The molecule has 9 heteroatoms. The van der Waals surface area contributed by atoms with Crippen molar-refractivity contribution in [2.45, 2.75) is 84.0 Å². The second-order valence-electron chi connectivity index (χ2n) is 8.16. The van der Waals surface area contributed by atoms with E-state index in [0.29, 0.717) is 12.1 Å². The number of rotatable bonds is 5. The van der Waals surface area contributed by atoms with Crippen molar-refractivity contribution in [2.75, 3.05) is 6.54 Å². The molecule has 156 valence electrons. The lowest BCUT2D eigenvalue weighted by atomic mass is 9.79. The van der Waals surface area contributed by atoms with Crippen molar-refractivity contribution in [3.8, 4) is 0 Å². The zero-order chi connectivity index (χ0) is 21.1. The number of carbonyl (C=O) groups is 2. The van der Waals surface area contributed by atoms with Crippen molar-refractivity contribution in [2.24, 2.45) is 0 Å². The molecular weight excluding hydrogens is 350 g/mol. The van der Waals surface area contributed by atoms with Crippen molar-refractivity contribution < 1.29 is 19.8 Å². The Labute approximate surface area is 161 Å². The number of nitrogens with one attached hydrogen (secondary N) is 2. The van der Waals surface area contributed by atoms with E-state index in [0.717, 1.165) is 31.6 Å². The van der Waals surface area contributed by atoms with E-state index < -0.39 is 0 Å². The van der Waals surface area contributed by atoms with E-state index in [1.807, 2.05) is 6.33 Å². The summed E-state index contributed by atoms with van der Waals surface area (Å²) in [4.78, 5) is 16.7. The first kappa shape index (κ1) is 25.0. The van der Waals surface area contributed by atoms with Crippen LogP contribution < -0.4 is 10.6 Å². The number of nitrogens with zero attached hydrogens (tertiary/aromatic N) is 3. The van der Waals surface area contributed by atoms with E-state index in [9.17, 15) is 0 Å². The lowest BCUT2D eigenvalue weighted by Gasteiger charge is -2.46. The summed E-state index contributed by atoms with van der Waals surface area (Å²) in [6, 6.07) is 0.985. The van der Waals surface area contributed by atoms with Crippen LogP contribution in [0.3, 0.4) is 0 Å². The molecule has 0 saturated carbocycles. The first-order chi connectivity index (χ1) is 12.5. The van der Waals surface area contributed by atoms with Crippen LogP contribution in [0.25, 0.3) is 0 Å². The largest absolute Gasteiger partial charge is 0.483 e. The molecule has 4 N–H and O–H groups in total. The fourth-order valence-electron chi connectivity index (χ4n) is 3.73. The van der Waals surface area contributed by atoms with Gasteiger partial charge in [-0.25, -0.2) is 0 Å². The van der Waals surface area contributed by atoms with Gasteiger partial charge in [0.25, 0.3) is 12.9 Å². The highest BCUT2D eigenvalue weighted by molar-refractivity contribution is 5.33. The summed E-state index contributed by atoms with van der Waals surface area (Å²) in [5.74, 6) is 1.07. The molecule has 1 saturated heterocycles. The van der Waals surface area contributed by atoms with Crippen molar-refractivity contribution in [1.82, 2.24) is 25.4 Å². The summed E-state index contributed by atoms with van der Waals surface area (Å²) in [7, 11) is 0. The van der Waals surface area contributed by atoms with Crippen molar-refractivity contribution in [3.05, 3.63) is 12.2 Å². The van der Waals surface area contributed by atoms with Gasteiger partial charge in [-0.1, -0.05) is 0 Å². The molecule has 0 atom stereocenters. The van der Waals surface area contributed by atoms with Crippen LogP contribution >= 0.6 is 0 Å². The Balaban J connectivity index is 0.000000997. The molecule has 0 aliphatic carbocycles. The Hall–Kier alpha value is -2.00. The van der Waals surface area contributed by atoms with Gasteiger partial charge in [-0.2, -0.15) is 0 Å². The fraction of sp³-hybridized carbons (Fsp3) is 0.778. The minimum absolute atomic E-state index is 0.192. The summed E-state index contributed by atoms with van der Waals surface area (Å²) in [5, 5.41) is 29.5. The minimum Gasteiger partial charge on any atom is -0.483 e. The molecule has 2 rings (SSSR count). The van der Waals surface area contributed by atoms with Crippen molar-refractivity contribution >= 4 is 12.9 Å². The van der Waals surface area contributed by atoms with Crippen LogP contribution in [-0.2, 0) is 16.0 Å². The Bertz CT molecular complexity index is 536. The van der Waals surface area contributed by atoms with Crippen LogP contribution in [0.5, 0.6) is 0 Å². The number of carboxylic acid groups (broad SMARTS) is 2. The van der Waals surface area contributed by atoms with Gasteiger partial charge in [0.1, 0.15) is 12.2 Å². The Morgan fingerprint density at radius 3 is 2.15 bits per heavy atom. The highest BCUT2D eigenvalue weighted by Gasteiger charge is 2.37. The van der Waals surface area contributed by atoms with E-state index in [1.165, 1.54) is 0 Å². The van der Waals surface area contributed by atoms with Gasteiger partial charge >= 0.3 is 0 Å². The van der Waals surface area contributed by atoms with Gasteiger partial charge in [0.15, 0.2) is 0 Å². The Kier molecular flexibility index (Phi) is 10.8. The molecule has 0 unspecified atom stereocenters. The highest BCUT2D eigenvalue weighted by Crippen LogP contribution is 2.28. The molecule has 1 aliphatic heterocycles. The maximum Gasteiger partial charge on any atom is 0.290 e. The summed E-state index contributed by atoms with van der Waals surface area (Å²) >= 11 is 0. The number of aromatic nitrogens is 3. The van der Waals surface area contributed by atoms with Gasteiger partial charge in [-0.3, -0.25) is 9.59 Å². The maximum atomic E-state index is 8.36. The van der Waals surface area contributed by atoms with Gasteiger partial charge in [-0.15, -0.1) is 10.2 Å². The quantitative estimate of drug-likeness (QED) is 0.564. The third kappa shape index (κ3) is 10.0. The average molecular weight is 386 g/mol. The number of hydrogen-bond acceptors (Lipinski definition) is 6. The van der Waals surface area contributed by atoms with Gasteiger partial charge in [0, 0.05) is 36.1 Å². The second kappa shape index (κ2) is 11.7. The smallest absolute Gasteiger partial charge is 0.290 e. The molecule has 1 fully saturated rings. The SMILES string of the molecule is CC(C)n1cnnc1CCNC1CC(C)(C)NC(C)(C)C1.O=CO.O=CO. The molecule has 1 aromatic heterocycles. The molecule has 0 radical (unpaired) electrons. The Morgan fingerprint density at radius 2 is 1.70 bits per heavy atom. The summed E-state index contributed by atoms with van der Waals surface area (Å²) in [5.41, 5.74) is 0.384. The monoisotopic (exact) mass is 385 g/mol. The third-order valence-corrected chi connectivity index (χ3v) is 4.18. The van der Waals surface area contributed by atoms with Crippen LogP contribution in [0.4, 0.5) is 0 Å². The van der Waals surface area contributed by atoms with E-state index in [2.05, 4.69) is 66.9 Å². The van der Waals surface area contributed by atoms with Gasteiger partial charge in [0.2, 0.25) is 0 Å². The highest BCUT2D eigenvalue weighted by atomic mass is 16.3. The maximum absolute atomic E-state index is 8.36. The van der Waals surface area contributed by atoms with Crippen LogP contribution in [0, 0.1) is 0 Å². The molecule has 0 bridgehead atoms. The molecule has 9 nitrogen and oxygen atoms in total. The standard InChI is InChI=1S/C16H31N5.2CH2O2/c1-12(2)21-11-18-19-14(21)7-8-17-13-9-15(3,4)20-16(5,6)10-13;2*2-1-3/h11-13,17,20H,7-10H2,1-6H3;2*1H,(H,2,3). The number of piperidine rings is 1. The zero-order valence-corrected chi connectivity index (χ0v) is 17.3. The molecular formula is C18H35N5O4. The topological polar surface area (TPSA) is 129 Å². The lowest BCUT2D eigenvalue weighted by molar-refractivity contribution is -0.123. The Morgan fingerprint density at radius 1 is 1.22 bits per heavy atom. The van der Waals surface area contributed by atoms with Crippen LogP contribution in [0.15, 0.2) is 6.33 Å². The average Bonchev–Trinajstić information content (AvgIpc) is 2.94. The molecule has 0 amide bonds. The molecule has 1 aromatic rings. The predicted octanol–water partition coefficient (Wildman–Crippen LogP) is 1.70. The summed E-state index contributed by atoms with van der Waals surface area (Å²) in [6.07, 6.45) is 5.08. The summed E-state index contributed by atoms with van der Waals surface area (Å²) in [6.45, 7) is 13.9. The molecule has 0 spiro atoms. The normalized spacial score (nSPS) is 17.9. The second-order valence-corrected chi connectivity index (χ2v) is 8.16. The van der Waals surface area contributed by atoms with Crippen LogP contribution in [-0.4, -0.2) is 61.6 Å². The van der Waals surface area contributed by atoms with Crippen molar-refractivity contribution in [1.29, 1.82) is 0 Å². The molecule has 1 aliphatic rings. The van der Waals surface area contributed by atoms with Gasteiger partial charge in [-0.05, 0) is 54.4 Å². The van der Waals surface area contributed by atoms with Gasteiger partial charge in [0.05, 0.1) is 0 Å². The zero-order valence-electron chi connectivity index (χ0n) is 17.3. The van der Waals surface area contributed by atoms with E-state index in [4.69, 9.17) is 19.8 Å². The van der Waals surface area contributed by atoms with E-state index in [-0.39, 0.29) is 24.0 Å². The fourth-order valence-corrected chi connectivity index (χ4v) is 3.73. The minimum atomic E-state index is -0.250. The van der Waals surface area contributed by atoms with Crippen LogP contribution in [0.1, 0.15) is 66.3 Å². The number of hydrogen-bond donors (Lipinski definition) is 4. The predicted molar refractivity (Wildman–Crippen MR) is 104 cm³/mol. The van der Waals surface area contributed by atoms with Gasteiger partial charge < -0.3 is 25.4 Å². The van der Waals surface area contributed by atoms with Crippen molar-refractivity contribution in [3.63, 3.8) is 0 Å². The molecule has 27 heavy (non-hydrogen) atoms. The van der Waals surface area contributed by atoms with E-state index in [1.54, 1.807) is 0 Å². The molecule has 0 aromatic carbocycles. The van der Waals surface area contributed by atoms with E-state index >= 15 is 0 Å². The summed E-state index contributed by atoms with van der Waals surface area (Å²) < 4.78 is 2.15. The first-order valence-electron chi connectivity index (χ1n) is 9.08. The lowest BCUT2D eigenvalue weighted by Crippen LogP contribution is -2.61. The first-order valence-corrected chi connectivity index (χ1v) is 9.08. The third-order valence-electron chi connectivity index (χ3n) is 4.18.